The van der Waals surface area contributed by atoms with E-state index in [9.17, 15) is 9.18 Å². The Balaban J connectivity index is 1.51. The summed E-state index contributed by atoms with van der Waals surface area (Å²) in [6, 6.07) is 9.09. The van der Waals surface area contributed by atoms with Crippen LogP contribution in [0.5, 0.6) is 11.5 Å². The number of carbonyl (C=O) groups is 1. The first kappa shape index (κ1) is 18.2. The second-order valence-corrected chi connectivity index (χ2v) is 6.46. The molecule has 1 aliphatic rings. The summed E-state index contributed by atoms with van der Waals surface area (Å²) in [5.74, 6) is 1.24. The smallest absolute Gasteiger partial charge is 0.263 e. The van der Waals surface area contributed by atoms with Crippen molar-refractivity contribution in [1.82, 2.24) is 4.98 Å². The molecule has 1 heterocycles. The molecule has 3 rings (SSSR count). The van der Waals surface area contributed by atoms with E-state index in [4.69, 9.17) is 9.47 Å². The van der Waals surface area contributed by atoms with Crippen LogP contribution in [0.25, 0.3) is 0 Å². The third kappa shape index (κ3) is 5.44. The van der Waals surface area contributed by atoms with Gasteiger partial charge in [0.15, 0.2) is 18.2 Å². The third-order valence-electron chi connectivity index (χ3n) is 4.41. The number of halogens is 1. The fourth-order valence-corrected chi connectivity index (χ4v) is 3.01. The van der Waals surface area contributed by atoms with Gasteiger partial charge in [-0.1, -0.05) is 19.3 Å². The number of hydrogen-bond donors (Lipinski definition) is 1. The molecule has 1 amide bonds. The van der Waals surface area contributed by atoms with E-state index in [0.29, 0.717) is 29.8 Å². The number of nitrogens with zero attached hydrogens (tertiary/aromatic N) is 1. The van der Waals surface area contributed by atoms with E-state index < -0.39 is 0 Å². The molecular weight excluding hydrogens is 335 g/mol. The second-order valence-electron chi connectivity index (χ2n) is 6.46. The Morgan fingerprint density at radius 1 is 1.12 bits per heavy atom. The maximum absolute atomic E-state index is 12.9. The molecule has 1 aromatic carbocycles. The number of carbonyl (C=O) groups excluding carboxylic acids is 1. The Hall–Kier alpha value is -2.63. The number of benzene rings is 1. The van der Waals surface area contributed by atoms with Gasteiger partial charge < -0.3 is 14.8 Å². The van der Waals surface area contributed by atoms with Crippen LogP contribution in [-0.4, -0.2) is 24.1 Å². The summed E-state index contributed by atoms with van der Waals surface area (Å²) in [6.07, 6.45) is 7.79. The average Bonchev–Trinajstić information content (AvgIpc) is 2.68. The van der Waals surface area contributed by atoms with Crippen LogP contribution in [0.3, 0.4) is 0 Å². The number of hydrogen-bond acceptors (Lipinski definition) is 4. The first-order valence-corrected chi connectivity index (χ1v) is 8.97. The fourth-order valence-electron chi connectivity index (χ4n) is 3.01. The van der Waals surface area contributed by atoms with Gasteiger partial charge in [0.1, 0.15) is 11.6 Å². The molecule has 2 aromatic rings. The highest BCUT2D eigenvalue weighted by atomic mass is 19.1. The highest BCUT2D eigenvalue weighted by molar-refractivity contribution is 5.92. The molecule has 1 aliphatic carbocycles. The second kappa shape index (κ2) is 9.17. The molecule has 1 aromatic heterocycles. The first-order chi connectivity index (χ1) is 12.7. The highest BCUT2D eigenvalue weighted by Crippen LogP contribution is 2.27. The summed E-state index contributed by atoms with van der Waals surface area (Å²) in [5, 5.41) is 2.71. The maximum Gasteiger partial charge on any atom is 0.263 e. The number of nitrogens with one attached hydrogen (secondary N) is 1. The standard InChI is InChI=1S/C20H23FN2O3/c21-16-8-10-17(11-9-16)25-14-19(24)23-20-18(7-4-12-22-20)26-13-15-5-2-1-3-6-15/h4,7-12,15H,1-3,5-6,13-14H2,(H,22,23,24). The lowest BCUT2D eigenvalue weighted by molar-refractivity contribution is -0.118. The first-order valence-electron chi connectivity index (χ1n) is 8.97. The lowest BCUT2D eigenvalue weighted by Crippen LogP contribution is -2.22. The Labute approximate surface area is 152 Å². The van der Waals surface area contributed by atoms with Crippen LogP contribution in [0, 0.1) is 11.7 Å². The lowest BCUT2D eigenvalue weighted by Gasteiger charge is -2.22. The van der Waals surface area contributed by atoms with Crippen molar-refractivity contribution in [3.05, 3.63) is 48.4 Å². The van der Waals surface area contributed by atoms with Gasteiger partial charge >= 0.3 is 0 Å². The molecule has 1 N–H and O–H groups in total. The fraction of sp³-hybridized carbons (Fsp3) is 0.400. The molecular formula is C20H23FN2O3. The number of anilines is 1. The van der Waals surface area contributed by atoms with Gasteiger partial charge in [-0.05, 0) is 55.2 Å². The minimum atomic E-state index is -0.352. The van der Waals surface area contributed by atoms with Gasteiger partial charge in [-0.15, -0.1) is 0 Å². The number of pyridine rings is 1. The SMILES string of the molecule is O=C(COc1ccc(F)cc1)Nc1ncccc1OCC1CCCCC1. The average molecular weight is 358 g/mol. The summed E-state index contributed by atoms with van der Waals surface area (Å²) < 4.78 is 24.1. The number of ether oxygens (including phenoxy) is 2. The summed E-state index contributed by atoms with van der Waals surface area (Å²) in [4.78, 5) is 16.3. The number of rotatable bonds is 7. The molecule has 0 atom stereocenters. The van der Waals surface area contributed by atoms with Crippen LogP contribution >= 0.6 is 0 Å². The molecule has 0 bridgehead atoms. The van der Waals surface area contributed by atoms with Gasteiger partial charge in [-0.2, -0.15) is 0 Å². The zero-order valence-corrected chi connectivity index (χ0v) is 14.6. The minimum Gasteiger partial charge on any atom is -0.489 e. The zero-order chi connectivity index (χ0) is 18.2. The van der Waals surface area contributed by atoms with Crippen LogP contribution in [0.4, 0.5) is 10.2 Å². The Morgan fingerprint density at radius 2 is 1.88 bits per heavy atom. The van der Waals surface area contributed by atoms with Crippen molar-refractivity contribution in [2.75, 3.05) is 18.5 Å². The van der Waals surface area contributed by atoms with Crippen molar-refractivity contribution in [3.8, 4) is 11.5 Å². The maximum atomic E-state index is 12.9. The predicted molar refractivity (Wildman–Crippen MR) is 96.8 cm³/mol. The van der Waals surface area contributed by atoms with Gasteiger partial charge in [0.05, 0.1) is 6.61 Å². The van der Waals surface area contributed by atoms with E-state index in [1.165, 1.54) is 56.4 Å². The summed E-state index contributed by atoms with van der Waals surface area (Å²) >= 11 is 0. The van der Waals surface area contributed by atoms with E-state index in [0.717, 1.165) is 0 Å². The molecule has 0 saturated heterocycles. The highest BCUT2D eigenvalue weighted by Gasteiger charge is 2.16. The van der Waals surface area contributed by atoms with Crippen molar-refractivity contribution in [2.45, 2.75) is 32.1 Å². The molecule has 0 spiro atoms. The Bertz CT molecular complexity index is 715. The molecule has 1 fully saturated rings. The largest absolute Gasteiger partial charge is 0.489 e. The third-order valence-corrected chi connectivity index (χ3v) is 4.41. The van der Waals surface area contributed by atoms with Crippen molar-refractivity contribution in [1.29, 1.82) is 0 Å². The van der Waals surface area contributed by atoms with Gasteiger partial charge in [-0.3, -0.25) is 4.79 Å². The quantitative estimate of drug-likeness (QED) is 0.806. The molecule has 138 valence electrons. The van der Waals surface area contributed by atoms with Crippen LogP contribution in [0.15, 0.2) is 42.6 Å². The molecule has 5 nitrogen and oxygen atoms in total. The van der Waals surface area contributed by atoms with Gasteiger partial charge in [0.2, 0.25) is 0 Å². The predicted octanol–water partition coefficient (Wildman–Crippen LogP) is 4.20. The summed E-state index contributed by atoms with van der Waals surface area (Å²) in [6.45, 7) is 0.449. The van der Waals surface area contributed by atoms with Gasteiger partial charge in [0.25, 0.3) is 5.91 Å². The van der Waals surface area contributed by atoms with Gasteiger partial charge in [0, 0.05) is 6.20 Å². The monoisotopic (exact) mass is 358 g/mol. The van der Waals surface area contributed by atoms with E-state index in [1.54, 1.807) is 18.3 Å². The van der Waals surface area contributed by atoms with E-state index in [2.05, 4.69) is 10.3 Å². The van der Waals surface area contributed by atoms with Crippen molar-refractivity contribution >= 4 is 11.7 Å². The van der Waals surface area contributed by atoms with Gasteiger partial charge in [-0.25, -0.2) is 9.37 Å². The Morgan fingerprint density at radius 3 is 2.65 bits per heavy atom. The van der Waals surface area contributed by atoms with E-state index >= 15 is 0 Å². The molecule has 1 saturated carbocycles. The van der Waals surface area contributed by atoms with Crippen LogP contribution in [0.1, 0.15) is 32.1 Å². The lowest BCUT2D eigenvalue weighted by atomic mass is 9.90. The number of aromatic nitrogens is 1. The molecule has 6 heteroatoms. The van der Waals surface area contributed by atoms with Crippen molar-refractivity contribution in [2.24, 2.45) is 5.92 Å². The minimum absolute atomic E-state index is 0.190. The zero-order valence-electron chi connectivity index (χ0n) is 14.6. The Kier molecular flexibility index (Phi) is 6.41. The molecule has 0 unspecified atom stereocenters. The van der Waals surface area contributed by atoms with E-state index in [-0.39, 0.29) is 18.3 Å². The van der Waals surface area contributed by atoms with Crippen LogP contribution in [0.2, 0.25) is 0 Å². The van der Waals surface area contributed by atoms with Crippen molar-refractivity contribution < 1.29 is 18.7 Å². The molecule has 0 radical (unpaired) electrons. The van der Waals surface area contributed by atoms with Crippen LogP contribution < -0.4 is 14.8 Å². The van der Waals surface area contributed by atoms with Crippen LogP contribution in [-0.2, 0) is 4.79 Å². The number of amides is 1. The van der Waals surface area contributed by atoms with E-state index in [1.807, 2.05) is 0 Å². The normalized spacial score (nSPS) is 14.7. The molecule has 26 heavy (non-hydrogen) atoms. The summed E-state index contributed by atoms with van der Waals surface area (Å²) in [5.41, 5.74) is 0. The topological polar surface area (TPSA) is 60.5 Å². The van der Waals surface area contributed by atoms with Crippen molar-refractivity contribution in [3.63, 3.8) is 0 Å². The molecule has 0 aliphatic heterocycles. The summed E-state index contributed by atoms with van der Waals surface area (Å²) in [7, 11) is 0.